The molecule has 8 heteroatoms. The Hall–Kier alpha value is -1.86. The van der Waals surface area contributed by atoms with Gasteiger partial charge in [-0.2, -0.15) is 0 Å². The monoisotopic (exact) mass is 192 g/mol. The molecule has 74 valence electrons. The molecular formula is C5H8N2O6. The van der Waals surface area contributed by atoms with E-state index in [1.165, 1.54) is 6.92 Å². The third-order valence-electron chi connectivity index (χ3n) is 1.09. The summed E-state index contributed by atoms with van der Waals surface area (Å²) in [4.78, 5) is 27.6. The van der Waals surface area contributed by atoms with Crippen LogP contribution in [0.3, 0.4) is 0 Å². The predicted octanol–water partition coefficient (Wildman–Crippen LogP) is 0.348. The zero-order chi connectivity index (χ0) is 10.4. The summed E-state index contributed by atoms with van der Waals surface area (Å²) in [5.41, 5.74) is 0.276. The van der Waals surface area contributed by atoms with Crippen LogP contribution < -0.4 is 0 Å². The molecule has 0 aliphatic rings. The molecule has 0 rings (SSSR count). The number of nitrogens with zero attached hydrogens (tertiary/aromatic N) is 2. The number of rotatable bonds is 6. The normalized spacial score (nSPS) is 11.5. The van der Waals surface area contributed by atoms with Crippen molar-refractivity contribution in [2.24, 2.45) is 0 Å². The lowest BCUT2D eigenvalue weighted by atomic mass is 10.2. The maximum absolute atomic E-state index is 9.88. The minimum Gasteiger partial charge on any atom is -0.311 e. The molecule has 0 saturated carbocycles. The first-order valence-corrected chi connectivity index (χ1v) is 3.17. The molecular weight excluding hydrogens is 184 g/mol. The summed E-state index contributed by atoms with van der Waals surface area (Å²) >= 11 is 0. The van der Waals surface area contributed by atoms with E-state index in [-0.39, 0.29) is 5.57 Å². The average Bonchev–Trinajstić information content (AvgIpc) is 1.96. The fourth-order valence-corrected chi connectivity index (χ4v) is 0.495. The largest absolute Gasteiger partial charge is 0.311 e. The molecule has 1 unspecified atom stereocenters. The predicted molar refractivity (Wildman–Crippen MR) is 39.6 cm³/mol. The van der Waals surface area contributed by atoms with E-state index in [1.54, 1.807) is 0 Å². The van der Waals surface area contributed by atoms with Gasteiger partial charge in [0.1, 0.15) is 6.61 Å². The maximum Gasteiger partial charge on any atom is 0.295 e. The van der Waals surface area contributed by atoms with Crippen LogP contribution in [0.15, 0.2) is 12.2 Å². The molecule has 0 aromatic rings. The highest BCUT2D eigenvalue weighted by Crippen LogP contribution is 2.04. The van der Waals surface area contributed by atoms with Gasteiger partial charge in [0.2, 0.25) is 0 Å². The smallest absolute Gasteiger partial charge is 0.295 e. The fraction of sp³-hybridized carbons (Fsp3) is 0.600. The first-order chi connectivity index (χ1) is 5.93. The van der Waals surface area contributed by atoms with Gasteiger partial charge in [-0.25, -0.2) is 0 Å². The third kappa shape index (κ3) is 5.41. The van der Waals surface area contributed by atoms with Gasteiger partial charge in [-0.1, -0.05) is 12.2 Å². The quantitative estimate of drug-likeness (QED) is 0.341. The first-order valence-electron chi connectivity index (χ1n) is 3.17. The Morgan fingerprint density at radius 2 is 2.00 bits per heavy atom. The number of hydrogen-bond donors (Lipinski definition) is 0. The van der Waals surface area contributed by atoms with Crippen molar-refractivity contribution in [3.8, 4) is 0 Å². The van der Waals surface area contributed by atoms with Crippen molar-refractivity contribution in [1.82, 2.24) is 0 Å². The molecule has 13 heavy (non-hydrogen) atoms. The van der Waals surface area contributed by atoms with Gasteiger partial charge < -0.3 is 9.68 Å². The minimum absolute atomic E-state index is 0.276. The van der Waals surface area contributed by atoms with Crippen LogP contribution >= 0.6 is 0 Å². The minimum atomic E-state index is -1.11. The summed E-state index contributed by atoms with van der Waals surface area (Å²) < 4.78 is 0. The Balaban J connectivity index is 4.02. The third-order valence-corrected chi connectivity index (χ3v) is 1.09. The van der Waals surface area contributed by atoms with Gasteiger partial charge in [-0.3, -0.25) is 0 Å². The molecule has 0 bridgehead atoms. The standard InChI is InChI=1S/C5H8N2O6/c1-4(2)5(13-7(10)11)3-12-6(8)9/h5H,1,3H2,2H3. The van der Waals surface area contributed by atoms with E-state index in [0.29, 0.717) is 0 Å². The number of hydrogen-bond acceptors (Lipinski definition) is 6. The van der Waals surface area contributed by atoms with Gasteiger partial charge in [0.15, 0.2) is 6.10 Å². The van der Waals surface area contributed by atoms with E-state index in [2.05, 4.69) is 16.3 Å². The van der Waals surface area contributed by atoms with Crippen molar-refractivity contribution < 1.29 is 19.8 Å². The van der Waals surface area contributed by atoms with Crippen LogP contribution in [-0.4, -0.2) is 22.9 Å². The Labute approximate surface area is 73.0 Å². The SMILES string of the molecule is C=C(C)C(CO[N+](=O)[O-])O[N+](=O)[O-]. The first kappa shape index (κ1) is 11.1. The van der Waals surface area contributed by atoms with Gasteiger partial charge in [0.25, 0.3) is 10.2 Å². The zero-order valence-electron chi connectivity index (χ0n) is 6.84. The fourth-order valence-electron chi connectivity index (χ4n) is 0.495. The lowest BCUT2D eigenvalue weighted by molar-refractivity contribution is -0.787. The van der Waals surface area contributed by atoms with Crippen LogP contribution in [0.4, 0.5) is 0 Å². The molecule has 1 atom stereocenters. The molecule has 0 aromatic carbocycles. The Kier molecular flexibility index (Phi) is 4.20. The highest BCUT2D eigenvalue weighted by molar-refractivity contribution is 4.96. The van der Waals surface area contributed by atoms with Gasteiger partial charge in [0, 0.05) is 0 Å². The van der Waals surface area contributed by atoms with E-state index >= 15 is 0 Å². The molecule has 0 radical (unpaired) electrons. The van der Waals surface area contributed by atoms with Crippen LogP contribution in [0.1, 0.15) is 6.92 Å². The summed E-state index contributed by atoms with van der Waals surface area (Å²) in [6.45, 7) is 4.26. The maximum atomic E-state index is 9.88. The average molecular weight is 192 g/mol. The van der Waals surface area contributed by atoms with Crippen LogP contribution in [0, 0.1) is 20.2 Å². The molecule has 0 heterocycles. The molecule has 0 aliphatic carbocycles. The summed E-state index contributed by atoms with van der Waals surface area (Å²) in [5, 5.41) is 17.5. The lowest BCUT2D eigenvalue weighted by Gasteiger charge is -2.12. The van der Waals surface area contributed by atoms with Crippen molar-refractivity contribution in [1.29, 1.82) is 0 Å². The molecule has 0 spiro atoms. The van der Waals surface area contributed by atoms with Gasteiger partial charge >= 0.3 is 0 Å². The zero-order valence-corrected chi connectivity index (χ0v) is 6.84. The molecule has 0 amide bonds. The van der Waals surface area contributed by atoms with E-state index in [0.717, 1.165) is 0 Å². The van der Waals surface area contributed by atoms with E-state index < -0.39 is 22.9 Å². The highest BCUT2D eigenvalue weighted by Gasteiger charge is 2.15. The molecule has 0 fully saturated rings. The molecule has 0 saturated heterocycles. The van der Waals surface area contributed by atoms with Crippen LogP contribution in [0.25, 0.3) is 0 Å². The van der Waals surface area contributed by atoms with Gasteiger partial charge in [-0.05, 0) is 6.92 Å². The summed E-state index contributed by atoms with van der Waals surface area (Å²) in [5.74, 6) is 0. The second kappa shape index (κ2) is 4.91. The Bertz CT molecular complexity index is 227. The van der Waals surface area contributed by atoms with Crippen molar-refractivity contribution >= 4 is 0 Å². The Morgan fingerprint density at radius 3 is 2.31 bits per heavy atom. The van der Waals surface area contributed by atoms with Crippen molar-refractivity contribution in [3.63, 3.8) is 0 Å². The second-order valence-electron chi connectivity index (χ2n) is 2.18. The summed E-state index contributed by atoms with van der Waals surface area (Å²) in [6, 6.07) is 0. The van der Waals surface area contributed by atoms with E-state index in [9.17, 15) is 20.2 Å². The Morgan fingerprint density at radius 1 is 1.46 bits per heavy atom. The van der Waals surface area contributed by atoms with Crippen LogP contribution in [0.2, 0.25) is 0 Å². The summed E-state index contributed by atoms with van der Waals surface area (Å²) in [7, 11) is 0. The van der Waals surface area contributed by atoms with Gasteiger partial charge in [-0.15, -0.1) is 20.2 Å². The molecule has 0 N–H and O–H groups in total. The topological polar surface area (TPSA) is 105 Å². The van der Waals surface area contributed by atoms with Crippen molar-refractivity contribution in [3.05, 3.63) is 32.4 Å². The molecule has 0 aromatic heterocycles. The second-order valence-corrected chi connectivity index (χ2v) is 2.18. The molecule has 0 aliphatic heterocycles. The van der Waals surface area contributed by atoms with Crippen LogP contribution in [-0.2, 0) is 9.68 Å². The van der Waals surface area contributed by atoms with Gasteiger partial charge in [0.05, 0.1) is 0 Å². The molecule has 8 nitrogen and oxygen atoms in total. The van der Waals surface area contributed by atoms with E-state index in [1.807, 2.05) is 0 Å². The summed E-state index contributed by atoms with van der Waals surface area (Å²) in [6.07, 6.45) is -1.11. The van der Waals surface area contributed by atoms with Crippen molar-refractivity contribution in [2.45, 2.75) is 13.0 Å². The van der Waals surface area contributed by atoms with Crippen molar-refractivity contribution in [2.75, 3.05) is 6.61 Å². The highest BCUT2D eigenvalue weighted by atomic mass is 17.0. The lowest BCUT2D eigenvalue weighted by Crippen LogP contribution is -2.25. The van der Waals surface area contributed by atoms with E-state index in [4.69, 9.17) is 0 Å². The van der Waals surface area contributed by atoms with Crippen LogP contribution in [0.5, 0.6) is 0 Å².